The predicted octanol–water partition coefficient (Wildman–Crippen LogP) is 10.2. The second-order valence-corrected chi connectivity index (χ2v) is 23.1. The van der Waals surface area contributed by atoms with Gasteiger partial charge in [0, 0.05) is 0 Å². The number of hydrogen-bond donors (Lipinski definition) is 1. The van der Waals surface area contributed by atoms with Crippen LogP contribution >= 0.6 is 0 Å². The van der Waals surface area contributed by atoms with E-state index >= 15 is 0 Å². The van der Waals surface area contributed by atoms with Crippen molar-refractivity contribution in [3.05, 3.63) is 45.9 Å². The third-order valence-electron chi connectivity index (χ3n) is 7.19. The Morgan fingerprint density at radius 1 is 0.788 bits per heavy atom. The number of nitrogens with zero attached hydrogens (tertiary/aromatic N) is 1. The van der Waals surface area contributed by atoms with Crippen LogP contribution in [-0.2, 0) is 0 Å². The molecule has 33 heavy (non-hydrogen) atoms. The van der Waals surface area contributed by atoms with E-state index < -0.39 is 18.4 Å². The van der Waals surface area contributed by atoms with Gasteiger partial charge in [0.05, 0.1) is 0 Å². The van der Waals surface area contributed by atoms with Crippen molar-refractivity contribution in [2.75, 3.05) is 0 Å². The van der Waals surface area contributed by atoms with Gasteiger partial charge in [0.25, 0.3) is 0 Å². The van der Waals surface area contributed by atoms with Crippen molar-refractivity contribution in [3.8, 4) is 11.3 Å². The summed E-state index contributed by atoms with van der Waals surface area (Å²) in [7, 11) is 0. The molecule has 2 aromatic rings. The zero-order valence-electron chi connectivity index (χ0n) is 22.3. The Balaban J connectivity index is 2.16. The molecule has 0 unspecified atom stereocenters. The monoisotopic (exact) mass is 558 g/mol. The van der Waals surface area contributed by atoms with Gasteiger partial charge in [-0.05, 0) is 0 Å². The van der Waals surface area contributed by atoms with Crippen LogP contribution in [0.15, 0.2) is 34.6 Å². The molecule has 0 bridgehead atoms. The molecule has 2 rings (SSSR count). The summed E-state index contributed by atoms with van der Waals surface area (Å²) in [6, 6.07) is 9.15. The van der Waals surface area contributed by atoms with Crippen LogP contribution in [-0.4, -0.2) is 28.3 Å². The molecule has 0 fully saturated rings. The maximum absolute atomic E-state index is 4.75. The Labute approximate surface area is 209 Å². The molecular weight excluding hydrogens is 507 g/mol. The standard InChI is InChI=1S/C18H23N2.3C4H9.Sn/c1-4-7-16(8-5-2)18-19-13-17(20-18)15-11-9-14(6-3)10-12-15;3*1-3-4-2;/h3,6,9-13,16H,4-5,7-8H2,1-2H3,(H,19,20);3*1,3-4H2,2H3;. The van der Waals surface area contributed by atoms with Gasteiger partial charge in [-0.3, -0.25) is 0 Å². The molecule has 1 heterocycles. The van der Waals surface area contributed by atoms with E-state index in [0.29, 0.717) is 5.92 Å². The normalized spacial score (nSPS) is 12.3. The average molecular weight is 557 g/mol. The molecule has 1 aromatic carbocycles. The summed E-state index contributed by atoms with van der Waals surface area (Å²) in [4.78, 5) is 8.37. The minimum atomic E-state index is -2.22. The number of aromatic amines is 1. The fraction of sp³-hybridized carbons (Fsp3) is 0.633. The number of rotatable bonds is 17. The number of hydrogen-bond acceptors (Lipinski definition) is 1. The molecule has 2 nitrogen and oxygen atoms in total. The molecule has 0 aliphatic rings. The number of nitrogens with one attached hydrogen (secondary N) is 1. The van der Waals surface area contributed by atoms with Crippen molar-refractivity contribution in [3.63, 3.8) is 0 Å². The molecule has 0 atom stereocenters. The van der Waals surface area contributed by atoms with Crippen LogP contribution in [0.25, 0.3) is 17.3 Å². The van der Waals surface area contributed by atoms with Crippen LogP contribution in [0, 0.1) is 0 Å². The average Bonchev–Trinajstić information content (AvgIpc) is 3.33. The summed E-state index contributed by atoms with van der Waals surface area (Å²) in [5, 5.41) is 0. The summed E-state index contributed by atoms with van der Waals surface area (Å²) in [6.45, 7) is 11.6. The molecule has 0 radical (unpaired) electrons. The molecule has 184 valence electrons. The summed E-state index contributed by atoms with van der Waals surface area (Å²) in [5.41, 5.74) is 3.76. The Morgan fingerprint density at radius 2 is 1.33 bits per heavy atom. The molecule has 0 saturated heterocycles. The van der Waals surface area contributed by atoms with Crippen molar-refractivity contribution in [1.29, 1.82) is 0 Å². The van der Waals surface area contributed by atoms with E-state index in [9.17, 15) is 0 Å². The zero-order chi connectivity index (χ0) is 23.9. The summed E-state index contributed by atoms with van der Waals surface area (Å²) >= 11 is -2.22. The van der Waals surface area contributed by atoms with Crippen molar-refractivity contribution < 1.29 is 0 Å². The van der Waals surface area contributed by atoms with Crippen LogP contribution in [0.1, 0.15) is 116 Å². The second-order valence-electron chi connectivity index (χ2n) is 10.1. The van der Waals surface area contributed by atoms with Gasteiger partial charge in [-0.25, -0.2) is 0 Å². The van der Waals surface area contributed by atoms with Gasteiger partial charge in [-0.2, -0.15) is 0 Å². The Kier molecular flexibility index (Phi) is 13.5. The second kappa shape index (κ2) is 15.8. The molecule has 1 aromatic heterocycles. The first-order valence-electron chi connectivity index (χ1n) is 14.0. The van der Waals surface area contributed by atoms with Gasteiger partial charge >= 0.3 is 196 Å². The van der Waals surface area contributed by atoms with E-state index in [1.807, 2.05) is 6.20 Å². The van der Waals surface area contributed by atoms with E-state index in [4.69, 9.17) is 4.98 Å². The summed E-state index contributed by atoms with van der Waals surface area (Å²) in [5.74, 6) is 1.73. The van der Waals surface area contributed by atoms with E-state index in [0.717, 1.165) is 5.69 Å². The molecule has 0 spiro atoms. The van der Waals surface area contributed by atoms with Gasteiger partial charge in [0.2, 0.25) is 0 Å². The van der Waals surface area contributed by atoms with Gasteiger partial charge in [-0.1, -0.05) is 13.8 Å². The Bertz CT molecular complexity index is 762. The molecule has 1 N–H and O–H groups in total. The predicted molar refractivity (Wildman–Crippen MR) is 151 cm³/mol. The molecule has 0 aliphatic heterocycles. The number of H-pyrrole nitrogens is 1. The van der Waals surface area contributed by atoms with E-state index in [1.54, 1.807) is 0 Å². The van der Waals surface area contributed by atoms with E-state index in [-0.39, 0.29) is 0 Å². The van der Waals surface area contributed by atoms with E-state index in [1.165, 1.54) is 94.5 Å². The van der Waals surface area contributed by atoms with Crippen LogP contribution < -0.4 is 0 Å². The molecule has 0 aliphatic carbocycles. The molecule has 3 heteroatoms. The zero-order valence-corrected chi connectivity index (χ0v) is 25.1. The van der Waals surface area contributed by atoms with Gasteiger partial charge in [-0.15, -0.1) is 0 Å². The Hall–Kier alpha value is -1.03. The third-order valence-corrected chi connectivity index (χ3v) is 21.2. The number of benzene rings is 1. The summed E-state index contributed by atoms with van der Waals surface area (Å²) in [6.07, 6.45) is 17.6. The van der Waals surface area contributed by atoms with Gasteiger partial charge in [0.15, 0.2) is 0 Å². The van der Waals surface area contributed by atoms with Crippen molar-refractivity contribution >= 4 is 24.5 Å². The van der Waals surface area contributed by atoms with Gasteiger partial charge < -0.3 is 0 Å². The fourth-order valence-corrected chi connectivity index (χ4v) is 19.2. The van der Waals surface area contributed by atoms with Gasteiger partial charge in [0.1, 0.15) is 0 Å². The van der Waals surface area contributed by atoms with Crippen LogP contribution in [0.4, 0.5) is 0 Å². The minimum absolute atomic E-state index is 0.561. The number of aromatic nitrogens is 2. The first kappa shape index (κ1) is 28.2. The SMILES string of the molecule is CCC[CH2][Sn](/[CH]=C/c1ccc(-c2cnc(C(CCC)CCC)[nH]2)cc1)([CH2]CCC)[CH2]CCC. The molecule has 0 amide bonds. The van der Waals surface area contributed by atoms with Crippen molar-refractivity contribution in [2.45, 2.75) is 118 Å². The first-order chi connectivity index (χ1) is 16.1. The fourth-order valence-electron chi connectivity index (χ4n) is 5.06. The number of unbranched alkanes of at least 4 members (excludes halogenated alkanes) is 3. The van der Waals surface area contributed by atoms with E-state index in [2.05, 4.69) is 74.0 Å². The van der Waals surface area contributed by atoms with Crippen molar-refractivity contribution in [1.82, 2.24) is 9.97 Å². The topological polar surface area (TPSA) is 28.7 Å². The summed E-state index contributed by atoms with van der Waals surface area (Å²) < 4.78 is 7.38. The number of imidazole rings is 1. The molecular formula is C30H50N2Sn. The maximum atomic E-state index is 4.75. The molecule has 0 saturated carbocycles. The van der Waals surface area contributed by atoms with Crippen LogP contribution in [0.5, 0.6) is 0 Å². The van der Waals surface area contributed by atoms with Crippen LogP contribution in [0.3, 0.4) is 0 Å². The van der Waals surface area contributed by atoms with Crippen LogP contribution in [0.2, 0.25) is 13.3 Å². The Morgan fingerprint density at radius 3 is 1.82 bits per heavy atom. The first-order valence-corrected chi connectivity index (χ1v) is 21.7. The van der Waals surface area contributed by atoms with Crippen molar-refractivity contribution in [2.24, 2.45) is 0 Å². The third kappa shape index (κ3) is 9.26. The quantitative estimate of drug-likeness (QED) is 0.193.